The fourth-order valence-electron chi connectivity index (χ4n) is 2.21. The summed E-state index contributed by atoms with van der Waals surface area (Å²) in [5.41, 5.74) is 3.76. The van der Waals surface area contributed by atoms with Gasteiger partial charge < -0.3 is 5.11 Å². The molecule has 2 N–H and O–H groups in total. The Labute approximate surface area is 116 Å². The Morgan fingerprint density at radius 1 is 1.00 bits per heavy atom. The van der Waals surface area contributed by atoms with Crippen LogP contribution in [0, 0.1) is 6.92 Å². The van der Waals surface area contributed by atoms with Crippen molar-refractivity contribution in [3.63, 3.8) is 0 Å². The van der Waals surface area contributed by atoms with Gasteiger partial charge in [0.1, 0.15) is 0 Å². The molecule has 0 atom stereocenters. The first-order chi connectivity index (χ1) is 8.43. The largest absolute Gasteiger partial charge is 0.465 e. The zero-order chi connectivity index (χ0) is 15.0. The molecule has 19 heavy (non-hydrogen) atoms. The lowest BCUT2D eigenvalue weighted by Gasteiger charge is -2.30. The minimum atomic E-state index is -1.01. The maximum absolute atomic E-state index is 11.1. The monoisotopic (exact) mass is 263 g/mol. The van der Waals surface area contributed by atoms with E-state index in [1.807, 2.05) is 0 Å². The molecule has 0 aliphatic carbocycles. The number of aryl methyl sites for hydroxylation is 1. The summed E-state index contributed by atoms with van der Waals surface area (Å²) >= 11 is 0. The maximum atomic E-state index is 11.1. The van der Waals surface area contributed by atoms with Crippen LogP contribution in [0.4, 0.5) is 10.5 Å². The average Bonchev–Trinajstić information content (AvgIpc) is 2.16. The van der Waals surface area contributed by atoms with Gasteiger partial charge in [-0.15, -0.1) is 0 Å². The summed E-state index contributed by atoms with van der Waals surface area (Å²) in [6.45, 7) is 14.6. The van der Waals surface area contributed by atoms with Crippen molar-refractivity contribution in [1.29, 1.82) is 0 Å². The van der Waals surface area contributed by atoms with Crippen LogP contribution in [-0.4, -0.2) is 11.2 Å². The molecule has 106 valence electrons. The molecule has 0 aromatic heterocycles. The molecule has 0 saturated heterocycles. The summed E-state index contributed by atoms with van der Waals surface area (Å²) in [5, 5.41) is 11.7. The van der Waals surface area contributed by atoms with E-state index in [4.69, 9.17) is 5.11 Å². The van der Waals surface area contributed by atoms with Crippen molar-refractivity contribution in [1.82, 2.24) is 0 Å². The molecule has 3 nitrogen and oxygen atoms in total. The minimum absolute atomic E-state index is 0.107. The molecule has 1 aromatic carbocycles. The van der Waals surface area contributed by atoms with Crippen molar-refractivity contribution in [2.45, 2.75) is 59.3 Å². The Morgan fingerprint density at radius 3 is 1.63 bits per heavy atom. The van der Waals surface area contributed by atoms with Gasteiger partial charge in [0.15, 0.2) is 0 Å². The third-order valence-corrected chi connectivity index (χ3v) is 3.13. The molecule has 1 amide bonds. The van der Waals surface area contributed by atoms with Crippen LogP contribution in [0.2, 0.25) is 0 Å². The standard InChI is InChI=1S/C16H25NO2/c1-10-8-11(15(2,3)4)13(17-14(18)19)12(9-10)16(5,6)7/h8-9,17H,1-7H3,(H,18,19). The van der Waals surface area contributed by atoms with Crippen LogP contribution in [0.25, 0.3) is 0 Å². The molecule has 0 aliphatic rings. The molecule has 0 unspecified atom stereocenters. The van der Waals surface area contributed by atoms with E-state index in [1.54, 1.807) is 0 Å². The summed E-state index contributed by atoms with van der Waals surface area (Å²) in [7, 11) is 0. The first kappa shape index (κ1) is 15.5. The lowest BCUT2D eigenvalue weighted by atomic mass is 9.77. The summed E-state index contributed by atoms with van der Waals surface area (Å²) in [6, 6.07) is 4.14. The molecule has 0 saturated carbocycles. The minimum Gasteiger partial charge on any atom is -0.465 e. The average molecular weight is 263 g/mol. The first-order valence-electron chi connectivity index (χ1n) is 6.58. The molecule has 0 radical (unpaired) electrons. The van der Waals surface area contributed by atoms with E-state index < -0.39 is 6.09 Å². The summed E-state index contributed by atoms with van der Waals surface area (Å²) in [4.78, 5) is 11.1. The van der Waals surface area contributed by atoms with Crippen LogP contribution in [0.15, 0.2) is 12.1 Å². The number of carboxylic acid groups (broad SMARTS) is 1. The molecule has 0 bridgehead atoms. The number of rotatable bonds is 1. The molecule has 0 heterocycles. The van der Waals surface area contributed by atoms with E-state index in [1.165, 1.54) is 0 Å². The van der Waals surface area contributed by atoms with E-state index in [0.29, 0.717) is 0 Å². The van der Waals surface area contributed by atoms with E-state index in [9.17, 15) is 4.79 Å². The van der Waals surface area contributed by atoms with E-state index in [0.717, 1.165) is 22.4 Å². The Hall–Kier alpha value is -1.51. The number of hydrogen-bond donors (Lipinski definition) is 2. The van der Waals surface area contributed by atoms with Gasteiger partial charge in [0.05, 0.1) is 5.69 Å². The summed E-state index contributed by atoms with van der Waals surface area (Å²) < 4.78 is 0. The number of anilines is 1. The number of amides is 1. The molecule has 1 aromatic rings. The summed E-state index contributed by atoms with van der Waals surface area (Å²) in [5.74, 6) is 0. The second-order valence-electron chi connectivity index (χ2n) is 7.17. The first-order valence-corrected chi connectivity index (χ1v) is 6.58. The van der Waals surface area contributed by atoms with E-state index in [-0.39, 0.29) is 10.8 Å². The highest BCUT2D eigenvalue weighted by Crippen LogP contribution is 2.38. The highest BCUT2D eigenvalue weighted by molar-refractivity contribution is 5.86. The second kappa shape index (κ2) is 4.87. The van der Waals surface area contributed by atoms with Crippen LogP contribution >= 0.6 is 0 Å². The number of carbonyl (C=O) groups is 1. The highest BCUT2D eigenvalue weighted by atomic mass is 16.4. The van der Waals surface area contributed by atoms with Crippen molar-refractivity contribution in [2.24, 2.45) is 0 Å². The second-order valence-corrected chi connectivity index (χ2v) is 7.17. The van der Waals surface area contributed by atoms with Crippen molar-refractivity contribution >= 4 is 11.8 Å². The number of benzene rings is 1. The van der Waals surface area contributed by atoms with Crippen molar-refractivity contribution in [2.75, 3.05) is 5.32 Å². The van der Waals surface area contributed by atoms with Gasteiger partial charge in [-0.05, 0) is 28.9 Å². The van der Waals surface area contributed by atoms with Crippen LogP contribution in [0.3, 0.4) is 0 Å². The normalized spacial score (nSPS) is 12.4. The van der Waals surface area contributed by atoms with Gasteiger partial charge in [-0.25, -0.2) is 4.79 Å². The molecule has 1 rings (SSSR count). The number of nitrogens with one attached hydrogen (secondary N) is 1. The third kappa shape index (κ3) is 3.72. The maximum Gasteiger partial charge on any atom is 0.409 e. The molecular formula is C16H25NO2. The van der Waals surface area contributed by atoms with Gasteiger partial charge in [-0.1, -0.05) is 59.2 Å². The highest BCUT2D eigenvalue weighted by Gasteiger charge is 2.26. The number of hydrogen-bond acceptors (Lipinski definition) is 1. The Morgan fingerprint density at radius 2 is 1.37 bits per heavy atom. The van der Waals surface area contributed by atoms with Crippen molar-refractivity contribution in [3.8, 4) is 0 Å². The van der Waals surface area contributed by atoms with Gasteiger partial charge in [0.25, 0.3) is 0 Å². The lowest BCUT2D eigenvalue weighted by Crippen LogP contribution is -2.23. The zero-order valence-corrected chi connectivity index (χ0v) is 13.0. The van der Waals surface area contributed by atoms with E-state index in [2.05, 4.69) is 65.9 Å². The Bertz CT molecular complexity index is 455. The fraction of sp³-hybridized carbons (Fsp3) is 0.562. The van der Waals surface area contributed by atoms with Gasteiger partial charge in [0.2, 0.25) is 0 Å². The molecular weight excluding hydrogens is 238 g/mol. The molecule has 0 fully saturated rings. The zero-order valence-electron chi connectivity index (χ0n) is 13.0. The SMILES string of the molecule is Cc1cc(C(C)(C)C)c(NC(=O)O)c(C(C)(C)C)c1. The van der Waals surface area contributed by atoms with Crippen LogP contribution in [-0.2, 0) is 10.8 Å². The predicted octanol–water partition coefficient (Wildman–Crippen LogP) is 4.68. The lowest BCUT2D eigenvalue weighted by molar-refractivity contribution is 0.209. The fourth-order valence-corrected chi connectivity index (χ4v) is 2.21. The van der Waals surface area contributed by atoms with Crippen LogP contribution < -0.4 is 5.32 Å². The molecule has 0 aliphatic heterocycles. The predicted molar refractivity (Wildman–Crippen MR) is 80.2 cm³/mol. The quantitative estimate of drug-likeness (QED) is 0.773. The van der Waals surface area contributed by atoms with Gasteiger partial charge in [0, 0.05) is 0 Å². The van der Waals surface area contributed by atoms with Crippen molar-refractivity contribution in [3.05, 3.63) is 28.8 Å². The Kier molecular flexibility index (Phi) is 3.99. The summed E-state index contributed by atoms with van der Waals surface area (Å²) in [6.07, 6.45) is -1.01. The van der Waals surface area contributed by atoms with Crippen molar-refractivity contribution < 1.29 is 9.90 Å². The van der Waals surface area contributed by atoms with Crippen LogP contribution in [0.5, 0.6) is 0 Å². The van der Waals surface area contributed by atoms with Gasteiger partial charge in [-0.3, -0.25) is 5.32 Å². The third-order valence-electron chi connectivity index (χ3n) is 3.13. The molecule has 0 spiro atoms. The van der Waals surface area contributed by atoms with Gasteiger partial charge >= 0.3 is 6.09 Å². The van der Waals surface area contributed by atoms with E-state index >= 15 is 0 Å². The topological polar surface area (TPSA) is 49.3 Å². The Balaban J connectivity index is 3.63. The van der Waals surface area contributed by atoms with Crippen LogP contribution in [0.1, 0.15) is 58.2 Å². The smallest absolute Gasteiger partial charge is 0.409 e. The molecule has 3 heteroatoms. The van der Waals surface area contributed by atoms with Gasteiger partial charge in [-0.2, -0.15) is 0 Å².